The fourth-order valence-electron chi connectivity index (χ4n) is 2.23. The molecule has 96 valence electrons. The quantitative estimate of drug-likeness (QED) is 0.672. The number of nitrogens with two attached hydrogens (primary N) is 1. The van der Waals surface area contributed by atoms with Crippen molar-refractivity contribution in [1.29, 1.82) is 0 Å². The van der Waals surface area contributed by atoms with Crippen LogP contribution in [-0.2, 0) is 0 Å². The van der Waals surface area contributed by atoms with Gasteiger partial charge in [-0.1, -0.05) is 52.0 Å². The number of pyridine rings is 1. The highest BCUT2D eigenvalue weighted by atomic mass is 14.8. The zero-order valence-corrected chi connectivity index (χ0v) is 11.3. The number of rotatable bonds is 8. The molecule has 1 heterocycles. The van der Waals surface area contributed by atoms with Crippen molar-refractivity contribution < 1.29 is 0 Å². The van der Waals surface area contributed by atoms with E-state index in [0.717, 1.165) is 0 Å². The van der Waals surface area contributed by atoms with E-state index in [2.05, 4.69) is 24.9 Å². The van der Waals surface area contributed by atoms with E-state index in [1.807, 2.05) is 12.1 Å². The Balaban J connectivity index is 2.60. The number of hydrogen-bond donors (Lipinski definition) is 1. The molecule has 1 rings (SSSR count). The van der Waals surface area contributed by atoms with Crippen LogP contribution < -0.4 is 5.73 Å². The van der Waals surface area contributed by atoms with Crippen LogP contribution in [0.1, 0.15) is 70.4 Å². The molecular formula is C15H26N2. The van der Waals surface area contributed by atoms with Gasteiger partial charge in [-0.25, -0.2) is 4.98 Å². The van der Waals surface area contributed by atoms with Crippen molar-refractivity contribution in [3.63, 3.8) is 0 Å². The summed E-state index contributed by atoms with van der Waals surface area (Å²) in [6.45, 7) is 4.50. The third-order valence-electron chi connectivity index (χ3n) is 3.27. The minimum atomic E-state index is 0.602. The number of unbranched alkanes of at least 4 members (excludes halogenated alkanes) is 3. The Morgan fingerprint density at radius 2 is 1.76 bits per heavy atom. The molecule has 0 radical (unpaired) electrons. The van der Waals surface area contributed by atoms with Crippen LogP contribution in [0.4, 0.5) is 5.82 Å². The van der Waals surface area contributed by atoms with Gasteiger partial charge in [0.25, 0.3) is 0 Å². The molecule has 1 aromatic heterocycles. The Morgan fingerprint density at radius 1 is 1.06 bits per heavy atom. The summed E-state index contributed by atoms with van der Waals surface area (Å²) in [5.41, 5.74) is 6.96. The summed E-state index contributed by atoms with van der Waals surface area (Å²) in [5, 5.41) is 0. The highest BCUT2D eigenvalue weighted by Gasteiger charge is 2.12. The molecular weight excluding hydrogens is 208 g/mol. The summed E-state index contributed by atoms with van der Waals surface area (Å²) >= 11 is 0. The molecule has 17 heavy (non-hydrogen) atoms. The molecule has 0 aliphatic carbocycles. The van der Waals surface area contributed by atoms with Crippen molar-refractivity contribution >= 4 is 5.82 Å². The second-order valence-electron chi connectivity index (χ2n) is 4.82. The Kier molecular flexibility index (Phi) is 6.68. The predicted molar refractivity (Wildman–Crippen MR) is 75.1 cm³/mol. The fraction of sp³-hybridized carbons (Fsp3) is 0.667. The molecule has 0 fully saturated rings. The lowest BCUT2D eigenvalue weighted by Gasteiger charge is -2.16. The maximum absolute atomic E-state index is 5.77. The monoisotopic (exact) mass is 234 g/mol. The molecule has 0 aliphatic heterocycles. The van der Waals surface area contributed by atoms with Crippen LogP contribution in [-0.4, -0.2) is 4.98 Å². The number of aromatic nitrogens is 1. The highest BCUT2D eigenvalue weighted by Crippen LogP contribution is 2.27. The minimum absolute atomic E-state index is 0.602. The molecule has 1 unspecified atom stereocenters. The smallest absolute Gasteiger partial charge is 0.123 e. The molecule has 0 aromatic carbocycles. The van der Waals surface area contributed by atoms with Gasteiger partial charge in [-0.05, 0) is 25.0 Å². The molecule has 2 nitrogen and oxygen atoms in total. The number of nitrogens with zero attached hydrogens (tertiary/aromatic N) is 1. The van der Waals surface area contributed by atoms with Crippen molar-refractivity contribution in [2.45, 2.75) is 64.7 Å². The topological polar surface area (TPSA) is 38.9 Å². The van der Waals surface area contributed by atoms with Gasteiger partial charge in [0.1, 0.15) is 5.82 Å². The first-order valence-electron chi connectivity index (χ1n) is 7.00. The summed E-state index contributed by atoms with van der Waals surface area (Å²) in [5.74, 6) is 1.25. The van der Waals surface area contributed by atoms with Crippen LogP contribution in [0, 0.1) is 0 Å². The van der Waals surface area contributed by atoms with E-state index in [1.54, 1.807) is 0 Å². The minimum Gasteiger partial charge on any atom is -0.384 e. The number of hydrogen-bond acceptors (Lipinski definition) is 2. The third-order valence-corrected chi connectivity index (χ3v) is 3.27. The van der Waals surface area contributed by atoms with Crippen LogP contribution in [0.15, 0.2) is 18.2 Å². The zero-order chi connectivity index (χ0) is 12.5. The first-order chi connectivity index (χ1) is 8.27. The van der Waals surface area contributed by atoms with Gasteiger partial charge in [0.15, 0.2) is 0 Å². The summed E-state index contributed by atoms with van der Waals surface area (Å²) in [4.78, 5) is 4.48. The van der Waals surface area contributed by atoms with Gasteiger partial charge in [-0.2, -0.15) is 0 Å². The van der Waals surface area contributed by atoms with Crippen molar-refractivity contribution in [3.05, 3.63) is 23.9 Å². The third kappa shape index (κ3) is 5.20. The number of nitrogen functional groups attached to an aromatic ring is 1. The first-order valence-corrected chi connectivity index (χ1v) is 7.00. The van der Waals surface area contributed by atoms with E-state index in [4.69, 9.17) is 5.73 Å². The van der Waals surface area contributed by atoms with Gasteiger partial charge >= 0.3 is 0 Å². The molecule has 2 N–H and O–H groups in total. The Hall–Kier alpha value is -1.05. The second kappa shape index (κ2) is 8.10. The van der Waals surface area contributed by atoms with E-state index in [9.17, 15) is 0 Å². The van der Waals surface area contributed by atoms with Gasteiger partial charge < -0.3 is 5.73 Å². The van der Waals surface area contributed by atoms with E-state index >= 15 is 0 Å². The average Bonchev–Trinajstić information content (AvgIpc) is 2.33. The summed E-state index contributed by atoms with van der Waals surface area (Å²) < 4.78 is 0. The average molecular weight is 234 g/mol. The van der Waals surface area contributed by atoms with Crippen molar-refractivity contribution in [2.75, 3.05) is 5.73 Å². The lowest BCUT2D eigenvalue weighted by atomic mass is 9.92. The van der Waals surface area contributed by atoms with Crippen LogP contribution >= 0.6 is 0 Å². The Labute approximate surface area is 106 Å². The number of anilines is 1. The zero-order valence-electron chi connectivity index (χ0n) is 11.3. The lowest BCUT2D eigenvalue weighted by molar-refractivity contribution is 0.506. The maximum atomic E-state index is 5.77. The molecule has 0 saturated carbocycles. The lowest BCUT2D eigenvalue weighted by Crippen LogP contribution is -2.04. The normalized spacial score (nSPS) is 12.6. The van der Waals surface area contributed by atoms with Crippen molar-refractivity contribution in [2.24, 2.45) is 0 Å². The molecule has 1 atom stereocenters. The van der Waals surface area contributed by atoms with Crippen LogP contribution in [0.2, 0.25) is 0 Å². The summed E-state index contributed by atoms with van der Waals surface area (Å²) in [7, 11) is 0. The van der Waals surface area contributed by atoms with Crippen LogP contribution in [0.3, 0.4) is 0 Å². The van der Waals surface area contributed by atoms with Gasteiger partial charge in [0, 0.05) is 11.6 Å². The van der Waals surface area contributed by atoms with Crippen molar-refractivity contribution in [3.8, 4) is 0 Å². The van der Waals surface area contributed by atoms with Crippen LogP contribution in [0.5, 0.6) is 0 Å². The molecule has 2 heteroatoms. The largest absolute Gasteiger partial charge is 0.384 e. The van der Waals surface area contributed by atoms with Crippen molar-refractivity contribution in [1.82, 2.24) is 4.98 Å². The molecule has 0 saturated heterocycles. The highest BCUT2D eigenvalue weighted by molar-refractivity contribution is 5.30. The second-order valence-corrected chi connectivity index (χ2v) is 4.82. The Bertz CT molecular complexity index is 310. The standard InChI is InChI=1S/C15H26N2/c1-3-5-7-10-13(9-6-4-2)14-11-8-12-15(16)17-14/h8,11-13H,3-7,9-10H2,1-2H3,(H2,16,17). The van der Waals surface area contributed by atoms with E-state index in [0.29, 0.717) is 11.7 Å². The fourth-order valence-corrected chi connectivity index (χ4v) is 2.23. The van der Waals surface area contributed by atoms with E-state index in [1.165, 1.54) is 50.6 Å². The Morgan fingerprint density at radius 3 is 2.41 bits per heavy atom. The van der Waals surface area contributed by atoms with E-state index < -0.39 is 0 Å². The SMILES string of the molecule is CCCCCC(CCCC)c1cccc(N)n1. The van der Waals surface area contributed by atoms with Crippen LogP contribution in [0.25, 0.3) is 0 Å². The van der Waals surface area contributed by atoms with Gasteiger partial charge in [0.05, 0.1) is 0 Å². The molecule has 0 spiro atoms. The van der Waals surface area contributed by atoms with Gasteiger partial charge in [-0.15, -0.1) is 0 Å². The maximum Gasteiger partial charge on any atom is 0.123 e. The molecule has 1 aromatic rings. The molecule has 0 bridgehead atoms. The summed E-state index contributed by atoms with van der Waals surface area (Å²) in [6.07, 6.45) is 8.96. The molecule has 0 aliphatic rings. The van der Waals surface area contributed by atoms with E-state index in [-0.39, 0.29) is 0 Å². The predicted octanol–water partition coefficient (Wildman–Crippen LogP) is 4.52. The first kappa shape index (κ1) is 14.0. The summed E-state index contributed by atoms with van der Waals surface area (Å²) in [6, 6.07) is 6.02. The molecule has 0 amide bonds. The van der Waals surface area contributed by atoms with Gasteiger partial charge in [0.2, 0.25) is 0 Å². The van der Waals surface area contributed by atoms with Gasteiger partial charge in [-0.3, -0.25) is 0 Å².